The zero-order valence-electron chi connectivity index (χ0n) is 14.4. The molecule has 0 saturated carbocycles. The Balaban J connectivity index is 2.10. The van der Waals surface area contributed by atoms with Crippen molar-refractivity contribution >= 4 is 39.9 Å². The second kappa shape index (κ2) is 8.92. The van der Waals surface area contributed by atoms with Gasteiger partial charge in [-0.05, 0) is 18.1 Å². The first-order valence-corrected chi connectivity index (χ1v) is 9.33. The Kier molecular flexibility index (Phi) is 6.90. The van der Waals surface area contributed by atoms with E-state index in [0.717, 1.165) is 12.0 Å². The fourth-order valence-corrected chi connectivity index (χ4v) is 3.02. The molecule has 0 aliphatic heterocycles. The van der Waals surface area contributed by atoms with E-state index in [1.807, 2.05) is 26.0 Å². The lowest BCUT2D eigenvalue weighted by molar-refractivity contribution is -0.127. The van der Waals surface area contributed by atoms with Crippen LogP contribution < -0.4 is 10.6 Å². The summed E-state index contributed by atoms with van der Waals surface area (Å²) >= 11 is 7.15. The third kappa shape index (κ3) is 5.24. The first-order chi connectivity index (χ1) is 11.9. The maximum atomic E-state index is 12.6. The molecule has 2 unspecified atom stereocenters. The average molecular weight is 381 g/mol. The Morgan fingerprint density at radius 1 is 1.20 bits per heavy atom. The molecule has 0 saturated heterocycles. The third-order valence-corrected chi connectivity index (χ3v) is 5.02. The third-order valence-electron chi connectivity index (χ3n) is 3.88. The number of halogens is 1. The molecule has 0 spiro atoms. The Hall–Kier alpha value is -1.99. The number of hydrogen-bond acceptors (Lipinski definition) is 5. The number of anilines is 1. The molecule has 8 heteroatoms. The summed E-state index contributed by atoms with van der Waals surface area (Å²) in [5.41, 5.74) is 0.875. The molecule has 0 fully saturated rings. The second-order valence-corrected chi connectivity index (χ2v) is 7.11. The van der Waals surface area contributed by atoms with E-state index in [4.69, 9.17) is 11.6 Å². The van der Waals surface area contributed by atoms with E-state index in [0.29, 0.717) is 21.6 Å². The van der Waals surface area contributed by atoms with E-state index in [1.165, 1.54) is 11.3 Å². The molecule has 6 nitrogen and oxygen atoms in total. The van der Waals surface area contributed by atoms with Gasteiger partial charge in [-0.2, -0.15) is 0 Å². The van der Waals surface area contributed by atoms with Crippen molar-refractivity contribution in [3.05, 3.63) is 29.3 Å². The Morgan fingerprint density at radius 3 is 2.48 bits per heavy atom. The molecule has 0 radical (unpaired) electrons. The van der Waals surface area contributed by atoms with Gasteiger partial charge in [0.15, 0.2) is 0 Å². The summed E-state index contributed by atoms with van der Waals surface area (Å²) in [6.45, 7) is 5.66. The number of nitrogens with one attached hydrogen (secondary N) is 2. The predicted octanol–water partition coefficient (Wildman–Crippen LogP) is 3.74. The first kappa shape index (κ1) is 19.3. The Bertz CT molecular complexity index is 733. The summed E-state index contributed by atoms with van der Waals surface area (Å²) in [5.74, 6) is -0.423. The van der Waals surface area contributed by atoms with Gasteiger partial charge in [-0.1, -0.05) is 62.3 Å². The SMILES string of the molecule is CCC(=O)NC(C(=O)Nc1nnc(-c2ccc(Cl)cc2)s1)C(C)CC. The summed E-state index contributed by atoms with van der Waals surface area (Å²) in [6, 6.07) is 6.64. The van der Waals surface area contributed by atoms with Crippen LogP contribution in [0.25, 0.3) is 10.6 Å². The molecule has 1 aromatic carbocycles. The highest BCUT2D eigenvalue weighted by atomic mass is 35.5. The van der Waals surface area contributed by atoms with Crippen LogP contribution in [-0.2, 0) is 9.59 Å². The van der Waals surface area contributed by atoms with Gasteiger partial charge in [-0.15, -0.1) is 10.2 Å². The van der Waals surface area contributed by atoms with E-state index in [2.05, 4.69) is 20.8 Å². The van der Waals surface area contributed by atoms with Gasteiger partial charge >= 0.3 is 0 Å². The quantitative estimate of drug-likeness (QED) is 0.766. The Labute approximate surface area is 156 Å². The minimum atomic E-state index is -0.597. The minimum absolute atomic E-state index is 0.0131. The van der Waals surface area contributed by atoms with Crippen LogP contribution in [0.2, 0.25) is 5.02 Å². The maximum Gasteiger partial charge on any atom is 0.249 e. The molecule has 2 N–H and O–H groups in total. The summed E-state index contributed by atoms with van der Waals surface area (Å²) < 4.78 is 0. The second-order valence-electron chi connectivity index (χ2n) is 5.69. The molecule has 1 heterocycles. The molecule has 0 aliphatic rings. The molecule has 134 valence electrons. The van der Waals surface area contributed by atoms with Gasteiger partial charge in [0, 0.05) is 17.0 Å². The van der Waals surface area contributed by atoms with Crippen molar-refractivity contribution in [2.24, 2.45) is 5.92 Å². The average Bonchev–Trinajstić information content (AvgIpc) is 3.07. The normalized spacial score (nSPS) is 13.1. The topological polar surface area (TPSA) is 84.0 Å². The van der Waals surface area contributed by atoms with E-state index in [9.17, 15) is 9.59 Å². The lowest BCUT2D eigenvalue weighted by Crippen LogP contribution is -2.47. The minimum Gasteiger partial charge on any atom is -0.344 e. The summed E-state index contributed by atoms with van der Waals surface area (Å²) in [6.07, 6.45) is 1.11. The molecule has 2 amide bonds. The van der Waals surface area contributed by atoms with Crippen molar-refractivity contribution in [2.45, 2.75) is 39.7 Å². The zero-order chi connectivity index (χ0) is 18.4. The number of nitrogens with zero attached hydrogens (tertiary/aromatic N) is 2. The molecule has 25 heavy (non-hydrogen) atoms. The molecule has 2 atom stereocenters. The van der Waals surface area contributed by atoms with Gasteiger partial charge in [0.05, 0.1) is 0 Å². The fourth-order valence-electron chi connectivity index (χ4n) is 2.14. The number of rotatable bonds is 7. The summed E-state index contributed by atoms with van der Waals surface area (Å²) in [5, 5.41) is 15.4. The van der Waals surface area contributed by atoms with Crippen LogP contribution in [0.15, 0.2) is 24.3 Å². The first-order valence-electron chi connectivity index (χ1n) is 8.14. The number of hydrogen-bond donors (Lipinski definition) is 2. The smallest absolute Gasteiger partial charge is 0.249 e. The molecule has 2 aromatic rings. The van der Waals surface area contributed by atoms with Crippen molar-refractivity contribution in [2.75, 3.05) is 5.32 Å². The number of amides is 2. The number of benzene rings is 1. The van der Waals surface area contributed by atoms with Gasteiger partial charge in [-0.3, -0.25) is 14.9 Å². The van der Waals surface area contributed by atoms with Crippen LogP contribution in [0.1, 0.15) is 33.6 Å². The van der Waals surface area contributed by atoms with E-state index >= 15 is 0 Å². The molecular weight excluding hydrogens is 360 g/mol. The van der Waals surface area contributed by atoms with E-state index in [1.54, 1.807) is 19.1 Å². The van der Waals surface area contributed by atoms with Gasteiger partial charge in [0.1, 0.15) is 11.0 Å². The van der Waals surface area contributed by atoms with Crippen molar-refractivity contribution in [3.63, 3.8) is 0 Å². The summed E-state index contributed by atoms with van der Waals surface area (Å²) in [7, 11) is 0. The van der Waals surface area contributed by atoms with Crippen molar-refractivity contribution in [3.8, 4) is 10.6 Å². The van der Waals surface area contributed by atoms with Gasteiger partial charge in [-0.25, -0.2) is 0 Å². The summed E-state index contributed by atoms with van der Waals surface area (Å²) in [4.78, 5) is 24.2. The Morgan fingerprint density at radius 2 is 1.88 bits per heavy atom. The van der Waals surface area contributed by atoms with Gasteiger partial charge in [0.25, 0.3) is 0 Å². The standard InChI is InChI=1S/C17H21ClN4O2S/c1-4-10(3)14(19-13(23)5-2)15(24)20-17-22-21-16(25-17)11-6-8-12(18)9-7-11/h6-10,14H,4-5H2,1-3H3,(H,19,23)(H,20,22,24). The predicted molar refractivity (Wildman–Crippen MR) is 101 cm³/mol. The highest BCUT2D eigenvalue weighted by Gasteiger charge is 2.26. The van der Waals surface area contributed by atoms with E-state index < -0.39 is 6.04 Å². The maximum absolute atomic E-state index is 12.6. The van der Waals surface area contributed by atoms with Crippen LogP contribution in [0.5, 0.6) is 0 Å². The molecule has 0 aliphatic carbocycles. The molecule has 0 bridgehead atoms. The van der Waals surface area contributed by atoms with Gasteiger partial charge in [0.2, 0.25) is 16.9 Å². The number of carbonyl (C=O) groups is 2. The molecule has 1 aromatic heterocycles. The monoisotopic (exact) mass is 380 g/mol. The van der Waals surface area contributed by atoms with Crippen molar-refractivity contribution in [1.29, 1.82) is 0 Å². The van der Waals surface area contributed by atoms with Crippen LogP contribution in [0.4, 0.5) is 5.13 Å². The fraction of sp³-hybridized carbons (Fsp3) is 0.412. The largest absolute Gasteiger partial charge is 0.344 e. The van der Waals surface area contributed by atoms with Gasteiger partial charge < -0.3 is 5.32 Å². The van der Waals surface area contributed by atoms with Crippen molar-refractivity contribution in [1.82, 2.24) is 15.5 Å². The van der Waals surface area contributed by atoms with Crippen LogP contribution in [0.3, 0.4) is 0 Å². The van der Waals surface area contributed by atoms with Crippen LogP contribution >= 0.6 is 22.9 Å². The lowest BCUT2D eigenvalue weighted by Gasteiger charge is -2.22. The zero-order valence-corrected chi connectivity index (χ0v) is 15.9. The lowest BCUT2D eigenvalue weighted by atomic mass is 9.98. The number of aromatic nitrogens is 2. The molecular formula is C17H21ClN4O2S. The van der Waals surface area contributed by atoms with Crippen LogP contribution in [0, 0.1) is 5.92 Å². The highest BCUT2D eigenvalue weighted by molar-refractivity contribution is 7.18. The number of carbonyl (C=O) groups excluding carboxylic acids is 2. The molecule has 2 rings (SSSR count). The van der Waals surface area contributed by atoms with E-state index in [-0.39, 0.29) is 17.7 Å². The van der Waals surface area contributed by atoms with Crippen molar-refractivity contribution < 1.29 is 9.59 Å². The highest BCUT2D eigenvalue weighted by Crippen LogP contribution is 2.27. The van der Waals surface area contributed by atoms with Crippen LogP contribution in [-0.4, -0.2) is 28.1 Å².